The lowest BCUT2D eigenvalue weighted by Crippen LogP contribution is -2.48. The fourth-order valence-electron chi connectivity index (χ4n) is 2.84. The van der Waals surface area contributed by atoms with Crippen LogP contribution < -0.4 is 4.31 Å². The number of amides is 1. The van der Waals surface area contributed by atoms with Gasteiger partial charge < -0.3 is 9.42 Å². The Kier molecular flexibility index (Phi) is 5.99. The molecular weight excluding hydrogens is 419 g/mol. The Labute approximate surface area is 171 Å². The molecule has 0 fully saturated rings. The first-order valence-corrected chi connectivity index (χ1v) is 11.3. The van der Waals surface area contributed by atoms with E-state index in [1.54, 1.807) is 0 Å². The number of carbonyl (C=O) groups excluding carboxylic acids is 1. The van der Waals surface area contributed by atoms with Gasteiger partial charge in [0.15, 0.2) is 0 Å². The normalized spacial score (nSPS) is 12.6. The van der Waals surface area contributed by atoms with Crippen molar-refractivity contribution in [2.75, 3.05) is 17.6 Å². The highest BCUT2D eigenvalue weighted by Gasteiger charge is 2.31. The predicted molar refractivity (Wildman–Crippen MR) is 107 cm³/mol. The van der Waals surface area contributed by atoms with Crippen molar-refractivity contribution in [3.63, 3.8) is 0 Å². The van der Waals surface area contributed by atoms with Crippen molar-refractivity contribution in [1.82, 2.24) is 15.0 Å². The second-order valence-electron chi connectivity index (χ2n) is 6.40. The van der Waals surface area contributed by atoms with E-state index in [9.17, 15) is 17.6 Å². The first-order valence-electron chi connectivity index (χ1n) is 8.53. The van der Waals surface area contributed by atoms with Crippen LogP contribution in [-0.2, 0) is 21.4 Å². The predicted octanol–water partition coefficient (Wildman–Crippen LogP) is 2.75. The highest BCUT2D eigenvalue weighted by molar-refractivity contribution is 7.92. The van der Waals surface area contributed by atoms with Gasteiger partial charge in [0.2, 0.25) is 27.6 Å². The molecule has 2 aromatic heterocycles. The average molecular weight is 439 g/mol. The molecule has 0 radical (unpaired) electrons. The number of likely N-dealkylation sites (N-methyl/N-ethyl adjacent to an activating group) is 1. The molecule has 29 heavy (non-hydrogen) atoms. The van der Waals surface area contributed by atoms with E-state index in [4.69, 9.17) is 4.52 Å². The minimum atomic E-state index is -3.84. The van der Waals surface area contributed by atoms with Gasteiger partial charge in [-0.05, 0) is 36.6 Å². The van der Waals surface area contributed by atoms with Crippen LogP contribution in [0.3, 0.4) is 0 Å². The van der Waals surface area contributed by atoms with E-state index in [0.717, 1.165) is 21.5 Å². The monoisotopic (exact) mass is 438 g/mol. The first kappa shape index (κ1) is 20.9. The standard InChI is InChI=1S/C18H19FN4O4S2/c1-12(23(29(3,25)26)14-7-4-6-13(19)10-14)18(24)22(2)11-16-20-17(21-27-16)15-8-5-9-28-15/h4-10,12H,11H2,1-3H3/t12-/m1/s1. The molecule has 0 spiro atoms. The van der Waals surface area contributed by atoms with Gasteiger partial charge in [0.25, 0.3) is 0 Å². The molecule has 8 nitrogen and oxygen atoms in total. The van der Waals surface area contributed by atoms with Crippen LogP contribution in [0.25, 0.3) is 10.7 Å². The highest BCUT2D eigenvalue weighted by Crippen LogP contribution is 2.24. The maximum absolute atomic E-state index is 13.6. The fraction of sp³-hybridized carbons (Fsp3) is 0.278. The molecular formula is C18H19FN4O4S2. The summed E-state index contributed by atoms with van der Waals surface area (Å²) < 4.78 is 44.3. The summed E-state index contributed by atoms with van der Waals surface area (Å²) in [6.45, 7) is 1.44. The summed E-state index contributed by atoms with van der Waals surface area (Å²) in [5, 5.41) is 5.77. The molecule has 0 bridgehead atoms. The van der Waals surface area contributed by atoms with E-state index >= 15 is 0 Å². The molecule has 0 saturated carbocycles. The quantitative estimate of drug-likeness (QED) is 0.563. The molecule has 3 rings (SSSR count). The second kappa shape index (κ2) is 8.29. The molecule has 0 N–H and O–H groups in total. The number of halogens is 1. The van der Waals surface area contributed by atoms with Crippen LogP contribution in [0.2, 0.25) is 0 Å². The van der Waals surface area contributed by atoms with Gasteiger partial charge >= 0.3 is 0 Å². The Hall–Kier alpha value is -2.79. The van der Waals surface area contributed by atoms with Gasteiger partial charge in [-0.25, -0.2) is 12.8 Å². The van der Waals surface area contributed by atoms with Crippen molar-refractivity contribution < 1.29 is 22.1 Å². The summed E-state index contributed by atoms with van der Waals surface area (Å²) in [7, 11) is -2.34. The second-order valence-corrected chi connectivity index (χ2v) is 9.21. The Morgan fingerprint density at radius 1 is 1.31 bits per heavy atom. The van der Waals surface area contributed by atoms with Gasteiger partial charge in [-0.3, -0.25) is 9.10 Å². The first-order chi connectivity index (χ1) is 13.7. The minimum absolute atomic E-state index is 0.00228. The molecule has 0 unspecified atom stereocenters. The van der Waals surface area contributed by atoms with Gasteiger partial charge in [0.05, 0.1) is 23.4 Å². The van der Waals surface area contributed by atoms with E-state index in [1.807, 2.05) is 17.5 Å². The molecule has 2 heterocycles. The van der Waals surface area contributed by atoms with E-state index in [-0.39, 0.29) is 18.1 Å². The molecule has 1 atom stereocenters. The molecule has 3 aromatic rings. The van der Waals surface area contributed by atoms with Crippen LogP contribution >= 0.6 is 11.3 Å². The van der Waals surface area contributed by atoms with Gasteiger partial charge in [-0.1, -0.05) is 17.3 Å². The largest absolute Gasteiger partial charge is 0.337 e. The van der Waals surface area contributed by atoms with Gasteiger partial charge in [0, 0.05) is 7.05 Å². The Morgan fingerprint density at radius 3 is 2.69 bits per heavy atom. The third-order valence-corrected chi connectivity index (χ3v) is 6.19. The number of sulfonamides is 1. The van der Waals surface area contributed by atoms with E-state index < -0.39 is 27.8 Å². The van der Waals surface area contributed by atoms with Crippen molar-refractivity contribution in [3.8, 4) is 10.7 Å². The number of carbonyl (C=O) groups is 1. The van der Waals surface area contributed by atoms with Crippen LogP contribution in [0.1, 0.15) is 12.8 Å². The van der Waals surface area contributed by atoms with Crippen molar-refractivity contribution in [1.29, 1.82) is 0 Å². The molecule has 1 amide bonds. The van der Waals surface area contributed by atoms with Crippen LogP contribution in [0, 0.1) is 5.82 Å². The van der Waals surface area contributed by atoms with Crippen LogP contribution in [0.15, 0.2) is 46.3 Å². The summed E-state index contributed by atoms with van der Waals surface area (Å²) >= 11 is 1.46. The number of hydrogen-bond donors (Lipinski definition) is 0. The molecule has 0 aliphatic heterocycles. The van der Waals surface area contributed by atoms with Gasteiger partial charge in [-0.2, -0.15) is 4.98 Å². The SMILES string of the molecule is C[C@H](C(=O)N(C)Cc1nc(-c2cccs2)no1)N(c1cccc(F)c1)S(C)(=O)=O. The van der Waals surface area contributed by atoms with Crippen LogP contribution in [-0.4, -0.2) is 48.7 Å². The van der Waals surface area contributed by atoms with Crippen molar-refractivity contribution in [3.05, 3.63) is 53.5 Å². The van der Waals surface area contributed by atoms with Gasteiger partial charge in [-0.15, -0.1) is 11.3 Å². The molecule has 0 aliphatic rings. The minimum Gasteiger partial charge on any atom is -0.337 e. The van der Waals surface area contributed by atoms with E-state index in [2.05, 4.69) is 10.1 Å². The third kappa shape index (κ3) is 4.80. The Bertz CT molecular complexity index is 1100. The van der Waals surface area contributed by atoms with E-state index in [0.29, 0.717) is 5.82 Å². The molecule has 11 heteroatoms. The lowest BCUT2D eigenvalue weighted by molar-refractivity contribution is -0.131. The van der Waals surface area contributed by atoms with Crippen molar-refractivity contribution >= 4 is 33.0 Å². The lowest BCUT2D eigenvalue weighted by atomic mass is 10.2. The highest BCUT2D eigenvalue weighted by atomic mass is 32.2. The number of thiophene rings is 1. The smallest absolute Gasteiger partial charge is 0.246 e. The molecule has 0 aliphatic carbocycles. The van der Waals surface area contributed by atoms with Crippen LogP contribution in [0.5, 0.6) is 0 Å². The van der Waals surface area contributed by atoms with Crippen molar-refractivity contribution in [2.24, 2.45) is 0 Å². The average Bonchev–Trinajstić information content (AvgIpc) is 3.31. The zero-order valence-corrected chi connectivity index (χ0v) is 17.6. The number of hydrogen-bond acceptors (Lipinski definition) is 7. The maximum Gasteiger partial charge on any atom is 0.246 e. The van der Waals surface area contributed by atoms with Crippen molar-refractivity contribution in [2.45, 2.75) is 19.5 Å². The Balaban J connectivity index is 1.78. The number of aromatic nitrogens is 2. The number of benzene rings is 1. The van der Waals surface area contributed by atoms with Gasteiger partial charge in [0.1, 0.15) is 11.9 Å². The summed E-state index contributed by atoms with van der Waals surface area (Å²) in [4.78, 5) is 19.2. The molecule has 1 aromatic carbocycles. The Morgan fingerprint density at radius 2 is 2.07 bits per heavy atom. The molecule has 154 valence electrons. The summed E-state index contributed by atoms with van der Waals surface area (Å²) in [6, 6.07) is 7.68. The number of anilines is 1. The maximum atomic E-state index is 13.6. The third-order valence-electron chi connectivity index (χ3n) is 4.09. The van der Waals surface area contributed by atoms with Crippen LogP contribution in [0.4, 0.5) is 10.1 Å². The topological polar surface area (TPSA) is 96.6 Å². The lowest BCUT2D eigenvalue weighted by Gasteiger charge is -2.30. The number of rotatable bonds is 7. The fourth-order valence-corrected chi connectivity index (χ4v) is 4.65. The molecule has 0 saturated heterocycles. The summed E-state index contributed by atoms with van der Waals surface area (Å²) in [5.41, 5.74) is 0.0690. The summed E-state index contributed by atoms with van der Waals surface area (Å²) in [5.74, 6) is -0.471. The van der Waals surface area contributed by atoms with E-state index in [1.165, 1.54) is 48.4 Å². The number of nitrogens with zero attached hydrogens (tertiary/aromatic N) is 4. The zero-order chi connectivity index (χ0) is 21.2. The summed E-state index contributed by atoms with van der Waals surface area (Å²) in [6.07, 6.45) is 0.965. The zero-order valence-electron chi connectivity index (χ0n) is 15.9.